The summed E-state index contributed by atoms with van der Waals surface area (Å²) < 4.78 is 20.3. The van der Waals surface area contributed by atoms with Crippen LogP contribution in [0, 0.1) is 0 Å². The molecule has 4 saturated heterocycles. The molecule has 5 rings (SSSR count). The summed E-state index contributed by atoms with van der Waals surface area (Å²) in [5.74, 6) is -0.597. The average molecular weight is 512 g/mol. The molecule has 0 bridgehead atoms. The maximum absolute atomic E-state index is 12.1. The summed E-state index contributed by atoms with van der Waals surface area (Å²) >= 11 is 0. The van der Waals surface area contributed by atoms with Gasteiger partial charge in [0.2, 0.25) is 18.0 Å². The standard InChI is InChI=1S/C14H13NO5.C8H8NO5.CH4.Na/c16-7-10-13(15-11(17)6-12(15)20-10)14(18)19-8-9-4-2-1-3-5-9;10-2-1-5-8(13-4-11)9-6(12)3-7(9)14-5;;/h1-5,7,12-13,16H,6,8H2;1,7-8,10H,2-3H2;1H4;/q;-1;;+1/b10-7-;5-1-;;. The van der Waals surface area contributed by atoms with Crippen molar-refractivity contribution in [3.05, 3.63) is 59.8 Å². The molecule has 4 aliphatic rings. The van der Waals surface area contributed by atoms with Crippen molar-refractivity contribution in [1.82, 2.24) is 9.80 Å². The Morgan fingerprint density at radius 3 is 2.25 bits per heavy atom. The molecule has 4 fully saturated rings. The summed E-state index contributed by atoms with van der Waals surface area (Å²) in [6.45, 7) is 1.14. The van der Waals surface area contributed by atoms with E-state index < -0.39 is 24.5 Å². The molecule has 36 heavy (non-hydrogen) atoms. The molecule has 1 aromatic rings. The molecular weight excluding hydrogens is 487 g/mol. The van der Waals surface area contributed by atoms with Crippen molar-refractivity contribution < 1.29 is 77.9 Å². The van der Waals surface area contributed by atoms with Crippen LogP contribution in [-0.2, 0) is 44.7 Å². The number of hydrogen-bond acceptors (Lipinski definition) is 10. The van der Waals surface area contributed by atoms with Gasteiger partial charge in [0.1, 0.15) is 12.9 Å². The summed E-state index contributed by atoms with van der Waals surface area (Å²) in [7, 11) is 0. The van der Waals surface area contributed by atoms with Crippen molar-refractivity contribution >= 4 is 24.3 Å². The van der Waals surface area contributed by atoms with Crippen molar-refractivity contribution in [2.24, 2.45) is 0 Å². The minimum atomic E-state index is -0.977. The van der Waals surface area contributed by atoms with E-state index in [2.05, 4.69) is 4.74 Å². The maximum atomic E-state index is 12.1. The number of hydrogen-bond donors (Lipinski definition) is 2. The first kappa shape index (κ1) is 29.2. The van der Waals surface area contributed by atoms with Crippen LogP contribution < -0.4 is 29.6 Å². The van der Waals surface area contributed by atoms with Crippen molar-refractivity contribution in [3.8, 4) is 0 Å². The second-order valence-electron chi connectivity index (χ2n) is 7.53. The van der Waals surface area contributed by atoms with Crippen molar-refractivity contribution in [2.45, 2.75) is 51.6 Å². The number of fused-ring (bicyclic) bond motifs is 2. The van der Waals surface area contributed by atoms with Crippen LogP contribution in [0.2, 0.25) is 0 Å². The molecule has 4 atom stereocenters. The molecule has 0 aromatic heterocycles. The predicted octanol–water partition coefficient (Wildman–Crippen LogP) is -2.41. The van der Waals surface area contributed by atoms with Gasteiger partial charge in [0, 0.05) is 0 Å². The Morgan fingerprint density at radius 2 is 1.69 bits per heavy atom. The Bertz CT molecular complexity index is 1030. The van der Waals surface area contributed by atoms with Gasteiger partial charge in [-0.3, -0.25) is 19.4 Å². The quantitative estimate of drug-likeness (QED) is 0.139. The number of carbonyl (C=O) groups excluding carboxylic acids is 4. The molecule has 2 amide bonds. The molecule has 13 heteroatoms. The first-order valence-corrected chi connectivity index (χ1v) is 10.3. The first-order valence-electron chi connectivity index (χ1n) is 10.3. The smallest absolute Gasteiger partial charge is 0.631 e. The Morgan fingerprint density at radius 1 is 1.08 bits per heavy atom. The minimum Gasteiger partial charge on any atom is -0.631 e. The molecule has 4 heterocycles. The number of nitrogens with zero attached hydrogens (tertiary/aromatic N) is 2. The van der Waals surface area contributed by atoms with E-state index in [9.17, 15) is 19.2 Å². The monoisotopic (exact) mass is 512 g/mol. The van der Waals surface area contributed by atoms with Crippen molar-refractivity contribution in [3.63, 3.8) is 0 Å². The Labute approximate surface area is 229 Å². The number of esters is 1. The Hall–Kier alpha value is -3.06. The van der Waals surface area contributed by atoms with Gasteiger partial charge in [0.15, 0.2) is 30.0 Å². The van der Waals surface area contributed by atoms with Crippen molar-refractivity contribution in [2.75, 3.05) is 6.61 Å². The third kappa shape index (κ3) is 5.67. The fraction of sp³-hybridized carbons (Fsp3) is 0.391. The molecule has 188 valence electrons. The van der Waals surface area contributed by atoms with E-state index in [1.807, 2.05) is 30.3 Å². The molecule has 4 unspecified atom stereocenters. The van der Waals surface area contributed by atoms with Gasteiger partial charge in [-0.25, -0.2) is 4.79 Å². The summed E-state index contributed by atoms with van der Waals surface area (Å²) in [5, 5.41) is 17.7. The van der Waals surface area contributed by atoms with Gasteiger partial charge in [-0.15, -0.1) is 0 Å². The van der Waals surface area contributed by atoms with Gasteiger partial charge >= 0.3 is 35.5 Å². The third-order valence-electron chi connectivity index (χ3n) is 5.51. The average Bonchev–Trinajstić information content (AvgIpc) is 3.29. The predicted molar refractivity (Wildman–Crippen MR) is 116 cm³/mol. The van der Waals surface area contributed by atoms with E-state index in [1.165, 1.54) is 22.3 Å². The number of β-lactam (4-membered cyclic amide) rings is 2. The summed E-state index contributed by atoms with van der Waals surface area (Å²) in [5.41, 5.74) is 0.848. The second kappa shape index (κ2) is 12.8. The van der Waals surface area contributed by atoms with Gasteiger partial charge in [-0.1, -0.05) is 44.2 Å². The number of carbonyl (C=O) groups is 3. The van der Waals surface area contributed by atoms with Crippen LogP contribution in [-0.4, -0.2) is 75.6 Å². The molecule has 0 aliphatic carbocycles. The van der Waals surface area contributed by atoms with E-state index in [4.69, 9.17) is 24.4 Å². The topological polar surface area (TPSA) is 152 Å². The number of ether oxygens (including phenoxy) is 4. The minimum absolute atomic E-state index is 0. The number of aliphatic hydroxyl groups excluding tert-OH is 2. The second-order valence-corrected chi connectivity index (χ2v) is 7.53. The van der Waals surface area contributed by atoms with Crippen LogP contribution in [0.15, 0.2) is 54.2 Å². The Balaban J connectivity index is 0.000000254. The molecular formula is C23H25N2NaO10. The fourth-order valence-electron chi connectivity index (χ4n) is 3.84. The van der Waals surface area contributed by atoms with Crippen LogP contribution in [0.3, 0.4) is 0 Å². The van der Waals surface area contributed by atoms with Crippen LogP contribution in [0.25, 0.3) is 0 Å². The number of rotatable bonds is 6. The molecule has 0 radical (unpaired) electrons. The normalized spacial score (nSPS) is 26.9. The molecule has 1 aromatic carbocycles. The zero-order valence-electron chi connectivity index (χ0n) is 18.7. The summed E-state index contributed by atoms with van der Waals surface area (Å²) in [6, 6.07) is 8.24. The third-order valence-corrected chi connectivity index (χ3v) is 5.51. The molecule has 0 spiro atoms. The van der Waals surface area contributed by atoms with Gasteiger partial charge in [-0.2, -0.15) is 0 Å². The van der Waals surface area contributed by atoms with Crippen LogP contribution in [0.5, 0.6) is 0 Å². The van der Waals surface area contributed by atoms with E-state index in [1.54, 1.807) is 0 Å². The van der Waals surface area contributed by atoms with Crippen LogP contribution in [0.1, 0.15) is 25.8 Å². The molecule has 12 nitrogen and oxygen atoms in total. The van der Waals surface area contributed by atoms with E-state index in [0.29, 0.717) is 6.26 Å². The van der Waals surface area contributed by atoms with Gasteiger partial charge < -0.3 is 34.0 Å². The molecule has 4 aliphatic heterocycles. The van der Waals surface area contributed by atoms with Gasteiger partial charge in [0.05, 0.1) is 19.4 Å². The largest absolute Gasteiger partial charge is 1.00 e. The zero-order chi connectivity index (χ0) is 24.2. The van der Waals surface area contributed by atoms with Crippen LogP contribution in [0.4, 0.5) is 0 Å². The summed E-state index contributed by atoms with van der Waals surface area (Å²) in [4.78, 5) is 47.3. The summed E-state index contributed by atoms with van der Waals surface area (Å²) in [6.07, 6.45) is 0.884. The van der Waals surface area contributed by atoms with E-state index >= 15 is 0 Å². The van der Waals surface area contributed by atoms with Gasteiger partial charge in [0.25, 0.3) is 0 Å². The van der Waals surface area contributed by atoms with Crippen molar-refractivity contribution in [1.29, 1.82) is 0 Å². The Kier molecular flexibility index (Phi) is 10.3. The molecule has 2 N–H and O–H groups in total. The van der Waals surface area contributed by atoms with E-state index in [-0.39, 0.29) is 92.6 Å². The fourth-order valence-corrected chi connectivity index (χ4v) is 3.84. The van der Waals surface area contributed by atoms with E-state index in [0.717, 1.165) is 5.56 Å². The van der Waals surface area contributed by atoms with Gasteiger partial charge in [-0.05, 0) is 11.6 Å². The first-order chi connectivity index (χ1) is 16.5. The van der Waals surface area contributed by atoms with Crippen LogP contribution >= 0.6 is 0 Å². The zero-order valence-corrected chi connectivity index (χ0v) is 20.7. The number of amides is 2. The maximum Gasteiger partial charge on any atom is 1.00 e. The SMILES string of the molecule is C.O=C(OCc1ccccc1)C1/C(=C/O)OC2CC(=O)N21.O=[C-]OC1/C(=C/CO)OC2CC(=O)N21.[Na+]. The number of benzene rings is 1. The number of aliphatic hydroxyl groups is 2. The molecule has 0 saturated carbocycles.